The van der Waals surface area contributed by atoms with Crippen molar-refractivity contribution in [3.63, 3.8) is 0 Å². The van der Waals surface area contributed by atoms with Crippen LogP contribution in [0.25, 0.3) is 0 Å². The largest absolute Gasteiger partial charge is 0.455 e. The fourth-order valence-electron chi connectivity index (χ4n) is 3.81. The van der Waals surface area contributed by atoms with E-state index in [4.69, 9.17) is 16.6 Å². The average Bonchev–Trinajstić information content (AvgIpc) is 3.15. The molecular weight excluding hydrogens is 465 g/mol. The molecule has 0 saturated carbocycles. The number of carbonyl (C=O) groups excluding carboxylic acids is 1. The minimum Gasteiger partial charge on any atom is -0.455 e. The molecule has 3 N–H and O–H groups in total. The third-order valence-corrected chi connectivity index (χ3v) is 5.53. The molecule has 0 atom stereocenters. The molecule has 1 amide bonds. The van der Waals surface area contributed by atoms with Gasteiger partial charge in [0.2, 0.25) is 0 Å². The molecule has 0 saturated heterocycles. The molecule has 1 heterocycles. The fraction of sp³-hybridized carbons (Fsp3) is 0.208. The van der Waals surface area contributed by atoms with Gasteiger partial charge in [0.1, 0.15) is 5.76 Å². The summed E-state index contributed by atoms with van der Waals surface area (Å²) in [5, 5.41) is 10.1. The van der Waals surface area contributed by atoms with Gasteiger partial charge in [0.25, 0.3) is 5.91 Å². The molecule has 1 aliphatic rings. The molecule has 2 aromatic carbocycles. The number of amides is 1. The van der Waals surface area contributed by atoms with Crippen LogP contribution < -0.4 is 16.1 Å². The maximum Gasteiger partial charge on any atom is 0.418 e. The Labute approximate surface area is 199 Å². The summed E-state index contributed by atoms with van der Waals surface area (Å²) in [6.07, 6.45) is -2.63. The Morgan fingerprint density at radius 2 is 1.74 bits per heavy atom. The minimum atomic E-state index is -4.60. The first-order valence-corrected chi connectivity index (χ1v) is 10.9. The van der Waals surface area contributed by atoms with Crippen LogP contribution in [-0.4, -0.2) is 16.7 Å². The van der Waals surface area contributed by atoms with Crippen LogP contribution in [-0.2, 0) is 12.6 Å². The van der Waals surface area contributed by atoms with Crippen molar-refractivity contribution in [3.05, 3.63) is 82.8 Å². The third-order valence-electron chi connectivity index (χ3n) is 5.34. The second-order valence-corrected chi connectivity index (χ2v) is 8.10. The highest BCUT2D eigenvalue weighted by atomic mass is 32.1. The van der Waals surface area contributed by atoms with Gasteiger partial charge in [0.15, 0.2) is 10.9 Å². The van der Waals surface area contributed by atoms with Crippen molar-refractivity contribution in [2.45, 2.75) is 32.4 Å². The van der Waals surface area contributed by atoms with Gasteiger partial charge in [-0.15, -0.1) is 0 Å². The van der Waals surface area contributed by atoms with Crippen LogP contribution in [0, 0.1) is 6.92 Å². The highest BCUT2D eigenvalue weighted by Crippen LogP contribution is 2.35. The fourth-order valence-corrected chi connectivity index (χ4v) is 3.98. The normalized spacial score (nSPS) is 14.4. The quantitative estimate of drug-likeness (QED) is 0.317. The molecule has 6 nitrogen and oxygen atoms in total. The number of nitrogens with one attached hydrogen (secondary N) is 3. The number of alkyl halides is 3. The highest BCUT2D eigenvalue weighted by Gasteiger charge is 2.34. The van der Waals surface area contributed by atoms with Crippen LogP contribution in [0.1, 0.15) is 45.8 Å². The summed E-state index contributed by atoms with van der Waals surface area (Å²) in [7, 11) is 0. The molecule has 1 aliphatic carbocycles. The lowest BCUT2D eigenvalue weighted by Gasteiger charge is -2.14. The standard InChI is InChI=1S/C24H21F3N4O2S/c1-14-20-18(30-31-23(34)28-15-8-3-2-4-9-15)12-7-13-19(20)33-21(14)22(32)29-17-11-6-5-10-16(17)24(25,26)27/h2-6,8-11H,7,12-13H2,1H3,(H,29,32)(H2,28,31,34)/b30-18+. The Hall–Kier alpha value is -3.66. The number of rotatable bonds is 4. The van der Waals surface area contributed by atoms with Crippen molar-refractivity contribution in [2.75, 3.05) is 10.6 Å². The molecule has 10 heteroatoms. The van der Waals surface area contributed by atoms with E-state index in [9.17, 15) is 18.0 Å². The van der Waals surface area contributed by atoms with Crippen molar-refractivity contribution in [1.29, 1.82) is 0 Å². The zero-order valence-corrected chi connectivity index (χ0v) is 18.9. The number of fused-ring (bicyclic) bond motifs is 1. The van der Waals surface area contributed by atoms with Gasteiger partial charge in [-0.05, 0) is 56.2 Å². The van der Waals surface area contributed by atoms with Gasteiger partial charge in [0, 0.05) is 23.2 Å². The minimum absolute atomic E-state index is 0.0402. The molecule has 34 heavy (non-hydrogen) atoms. The van der Waals surface area contributed by atoms with Gasteiger partial charge < -0.3 is 15.1 Å². The number of anilines is 2. The average molecular weight is 487 g/mol. The molecule has 0 aliphatic heterocycles. The summed E-state index contributed by atoms with van der Waals surface area (Å²) in [5.41, 5.74) is 4.21. The Morgan fingerprint density at radius 1 is 1.03 bits per heavy atom. The number of carbonyl (C=O) groups is 1. The summed E-state index contributed by atoms with van der Waals surface area (Å²) in [5.74, 6) is -0.223. The first-order valence-electron chi connectivity index (χ1n) is 10.5. The van der Waals surface area contributed by atoms with Crippen molar-refractivity contribution < 1.29 is 22.4 Å². The lowest BCUT2D eigenvalue weighted by atomic mass is 9.93. The number of halogens is 3. The molecular formula is C24H21F3N4O2S. The maximum atomic E-state index is 13.3. The Morgan fingerprint density at radius 3 is 2.47 bits per heavy atom. The molecule has 0 bridgehead atoms. The number of hydrogen-bond donors (Lipinski definition) is 3. The molecule has 0 unspecified atom stereocenters. The predicted molar refractivity (Wildman–Crippen MR) is 128 cm³/mol. The number of para-hydroxylation sites is 2. The lowest BCUT2D eigenvalue weighted by molar-refractivity contribution is -0.136. The molecule has 1 aromatic heterocycles. The van der Waals surface area contributed by atoms with E-state index in [1.807, 2.05) is 30.3 Å². The molecule has 0 fully saturated rings. The van der Waals surface area contributed by atoms with Crippen LogP contribution in [0.2, 0.25) is 0 Å². The van der Waals surface area contributed by atoms with Crippen molar-refractivity contribution in [1.82, 2.24) is 5.43 Å². The van der Waals surface area contributed by atoms with Crippen molar-refractivity contribution in [3.8, 4) is 0 Å². The smallest absolute Gasteiger partial charge is 0.418 e. The number of nitrogens with zero attached hydrogens (tertiary/aromatic N) is 1. The van der Waals surface area contributed by atoms with E-state index in [0.717, 1.165) is 18.2 Å². The number of aryl methyl sites for hydroxylation is 1. The molecule has 0 radical (unpaired) electrons. The predicted octanol–water partition coefficient (Wildman–Crippen LogP) is 5.89. The molecule has 3 aromatic rings. The van der Waals surface area contributed by atoms with Crippen LogP contribution in [0.3, 0.4) is 0 Å². The van der Waals surface area contributed by atoms with Gasteiger partial charge in [-0.1, -0.05) is 30.3 Å². The van der Waals surface area contributed by atoms with Crippen molar-refractivity contribution >= 4 is 40.3 Å². The van der Waals surface area contributed by atoms with Gasteiger partial charge in [0.05, 0.1) is 17.0 Å². The van der Waals surface area contributed by atoms with Crippen LogP contribution >= 0.6 is 12.2 Å². The van der Waals surface area contributed by atoms with E-state index in [0.29, 0.717) is 40.6 Å². The van der Waals surface area contributed by atoms with Gasteiger partial charge in [-0.3, -0.25) is 10.2 Å². The summed E-state index contributed by atoms with van der Waals surface area (Å²) < 4.78 is 45.7. The van der Waals surface area contributed by atoms with Crippen LogP contribution in [0.15, 0.2) is 64.1 Å². The number of benzene rings is 2. The van der Waals surface area contributed by atoms with Crippen LogP contribution in [0.5, 0.6) is 0 Å². The first-order chi connectivity index (χ1) is 16.2. The molecule has 4 rings (SSSR count). The van der Waals surface area contributed by atoms with Gasteiger partial charge in [-0.2, -0.15) is 18.3 Å². The van der Waals surface area contributed by atoms with E-state index in [1.165, 1.54) is 18.2 Å². The zero-order chi connectivity index (χ0) is 24.3. The first kappa shape index (κ1) is 23.5. The summed E-state index contributed by atoms with van der Waals surface area (Å²) in [4.78, 5) is 12.8. The van der Waals surface area contributed by atoms with E-state index in [-0.39, 0.29) is 11.4 Å². The number of furan rings is 1. The maximum absolute atomic E-state index is 13.3. The Kier molecular flexibility index (Phi) is 6.69. The number of hydrogen-bond acceptors (Lipinski definition) is 4. The van der Waals surface area contributed by atoms with E-state index in [2.05, 4.69) is 21.2 Å². The second kappa shape index (κ2) is 9.68. The Bertz CT molecular complexity index is 1250. The summed E-state index contributed by atoms with van der Waals surface area (Å²) >= 11 is 5.29. The van der Waals surface area contributed by atoms with Gasteiger partial charge >= 0.3 is 6.18 Å². The monoisotopic (exact) mass is 486 g/mol. The topological polar surface area (TPSA) is 78.7 Å². The van der Waals surface area contributed by atoms with E-state index >= 15 is 0 Å². The Balaban J connectivity index is 1.54. The third kappa shape index (κ3) is 5.12. The van der Waals surface area contributed by atoms with E-state index in [1.54, 1.807) is 6.92 Å². The zero-order valence-electron chi connectivity index (χ0n) is 18.1. The molecule has 176 valence electrons. The number of hydrazone groups is 1. The summed E-state index contributed by atoms with van der Waals surface area (Å²) in [6.45, 7) is 1.69. The second-order valence-electron chi connectivity index (χ2n) is 7.70. The van der Waals surface area contributed by atoms with Crippen molar-refractivity contribution in [2.24, 2.45) is 5.10 Å². The molecule has 0 spiro atoms. The SMILES string of the molecule is Cc1c(C(=O)Nc2ccccc2C(F)(F)F)oc2c1/C(=N/NC(=S)Nc1ccccc1)CCC2. The van der Waals surface area contributed by atoms with E-state index < -0.39 is 17.6 Å². The van der Waals surface area contributed by atoms with Crippen LogP contribution in [0.4, 0.5) is 24.5 Å². The highest BCUT2D eigenvalue weighted by molar-refractivity contribution is 7.80. The lowest BCUT2D eigenvalue weighted by Crippen LogP contribution is -2.26. The van der Waals surface area contributed by atoms with Gasteiger partial charge in [-0.25, -0.2) is 0 Å². The number of thiocarbonyl (C=S) groups is 1. The summed E-state index contributed by atoms with van der Waals surface area (Å²) in [6, 6.07) is 14.2.